The summed E-state index contributed by atoms with van der Waals surface area (Å²) in [6.45, 7) is 6.54. The molecule has 0 unspecified atom stereocenters. The molecule has 0 spiro atoms. The number of nitrogens with two attached hydrogens (primary N) is 1. The Morgan fingerprint density at radius 1 is 1.47 bits per heavy atom. The Hall–Kier alpha value is -1.07. The number of carbonyl (C=O) groups is 1. The fourth-order valence-electron chi connectivity index (χ4n) is 1.47. The minimum atomic E-state index is -0.373. The number of ether oxygens (including phenoxy) is 1. The van der Waals surface area contributed by atoms with E-state index in [0.29, 0.717) is 19.6 Å². The molecule has 19 heavy (non-hydrogen) atoms. The molecule has 0 aromatic heterocycles. The van der Waals surface area contributed by atoms with Crippen LogP contribution in [0.4, 0.5) is 0 Å². The van der Waals surface area contributed by atoms with Crippen LogP contribution in [0.1, 0.15) is 25.8 Å². The number of aryl methyl sites for hydroxylation is 1. The lowest BCUT2D eigenvalue weighted by Gasteiger charge is -2.24. The van der Waals surface area contributed by atoms with Crippen LogP contribution < -0.4 is 15.8 Å². The molecule has 0 radical (unpaired) electrons. The van der Waals surface area contributed by atoms with Gasteiger partial charge in [0.25, 0.3) is 0 Å². The lowest BCUT2D eigenvalue weighted by Crippen LogP contribution is -2.49. The molecule has 106 valence electrons. The predicted molar refractivity (Wildman–Crippen MR) is 80.3 cm³/mol. The van der Waals surface area contributed by atoms with Gasteiger partial charge < -0.3 is 15.8 Å². The summed E-state index contributed by atoms with van der Waals surface area (Å²) in [5.41, 5.74) is 6.34. The van der Waals surface area contributed by atoms with Crippen molar-refractivity contribution in [2.24, 2.45) is 5.73 Å². The number of hydrogen-bond donors (Lipinski definition) is 2. The van der Waals surface area contributed by atoms with Crippen molar-refractivity contribution in [3.63, 3.8) is 0 Å². The highest BCUT2D eigenvalue weighted by atomic mass is 79.9. The molecule has 1 rings (SSSR count). The van der Waals surface area contributed by atoms with Gasteiger partial charge in [0, 0.05) is 12.1 Å². The van der Waals surface area contributed by atoms with E-state index in [9.17, 15) is 4.79 Å². The first kappa shape index (κ1) is 16.0. The molecule has 0 atom stereocenters. The molecular formula is C14H21BrN2O2. The second-order valence-electron chi connectivity index (χ2n) is 5.17. The van der Waals surface area contributed by atoms with Gasteiger partial charge in [0.15, 0.2) is 0 Å². The first-order chi connectivity index (χ1) is 8.84. The summed E-state index contributed by atoms with van der Waals surface area (Å²) in [6.07, 6.45) is 0.309. The average Bonchev–Trinajstić information content (AvgIpc) is 2.31. The number of halogens is 1. The minimum Gasteiger partial charge on any atom is -0.492 e. The van der Waals surface area contributed by atoms with Crippen LogP contribution in [0, 0.1) is 6.92 Å². The first-order valence-corrected chi connectivity index (χ1v) is 7.03. The number of carbonyl (C=O) groups excluding carboxylic acids is 1. The van der Waals surface area contributed by atoms with Crippen LogP contribution in [-0.2, 0) is 4.79 Å². The molecule has 3 N–H and O–H groups in total. The van der Waals surface area contributed by atoms with Gasteiger partial charge in [0.2, 0.25) is 5.91 Å². The van der Waals surface area contributed by atoms with Crippen LogP contribution >= 0.6 is 15.9 Å². The molecule has 0 saturated heterocycles. The van der Waals surface area contributed by atoms with Crippen LogP contribution in [-0.4, -0.2) is 24.6 Å². The molecular weight excluding hydrogens is 308 g/mol. The van der Waals surface area contributed by atoms with Gasteiger partial charge in [-0.3, -0.25) is 4.79 Å². The summed E-state index contributed by atoms with van der Waals surface area (Å²) in [7, 11) is 0. The van der Waals surface area contributed by atoms with Crippen molar-refractivity contribution in [1.82, 2.24) is 5.32 Å². The molecule has 5 heteroatoms. The summed E-state index contributed by atoms with van der Waals surface area (Å²) in [5, 5.41) is 2.86. The van der Waals surface area contributed by atoms with Gasteiger partial charge in [-0.15, -0.1) is 0 Å². The predicted octanol–water partition coefficient (Wildman–Crippen LogP) is 2.38. The molecule has 0 bridgehead atoms. The van der Waals surface area contributed by atoms with Crippen molar-refractivity contribution in [1.29, 1.82) is 0 Å². The SMILES string of the molecule is Cc1ccc(OCCC(=O)NC(C)(C)CN)c(Br)c1. The third-order valence-electron chi connectivity index (χ3n) is 2.66. The van der Waals surface area contributed by atoms with E-state index in [2.05, 4.69) is 21.2 Å². The maximum atomic E-state index is 11.7. The van der Waals surface area contributed by atoms with Crippen molar-refractivity contribution in [3.8, 4) is 5.75 Å². The van der Waals surface area contributed by atoms with E-state index in [-0.39, 0.29) is 11.4 Å². The first-order valence-electron chi connectivity index (χ1n) is 6.24. The minimum absolute atomic E-state index is 0.0568. The summed E-state index contributed by atoms with van der Waals surface area (Å²) in [5.74, 6) is 0.690. The van der Waals surface area contributed by atoms with E-state index in [1.165, 1.54) is 0 Å². The number of amides is 1. The fraction of sp³-hybridized carbons (Fsp3) is 0.500. The Kier molecular flexibility index (Phi) is 5.82. The number of benzene rings is 1. The average molecular weight is 329 g/mol. The van der Waals surface area contributed by atoms with E-state index in [1.54, 1.807) is 0 Å². The van der Waals surface area contributed by atoms with Gasteiger partial charge in [-0.1, -0.05) is 6.07 Å². The van der Waals surface area contributed by atoms with E-state index in [1.807, 2.05) is 39.0 Å². The summed E-state index contributed by atoms with van der Waals surface area (Å²) in [4.78, 5) is 11.7. The van der Waals surface area contributed by atoms with Crippen molar-refractivity contribution in [3.05, 3.63) is 28.2 Å². The fourth-order valence-corrected chi connectivity index (χ4v) is 2.08. The molecule has 0 aliphatic rings. The number of hydrogen-bond acceptors (Lipinski definition) is 3. The van der Waals surface area contributed by atoms with Crippen molar-refractivity contribution >= 4 is 21.8 Å². The third-order valence-corrected chi connectivity index (χ3v) is 3.28. The highest BCUT2D eigenvalue weighted by Gasteiger charge is 2.17. The highest BCUT2D eigenvalue weighted by Crippen LogP contribution is 2.25. The molecule has 0 aliphatic carbocycles. The van der Waals surface area contributed by atoms with Crippen LogP contribution in [0.3, 0.4) is 0 Å². The quantitative estimate of drug-likeness (QED) is 0.842. The Morgan fingerprint density at radius 2 is 2.16 bits per heavy atom. The lowest BCUT2D eigenvalue weighted by molar-refractivity contribution is -0.123. The molecule has 1 aromatic rings. The van der Waals surface area contributed by atoms with Crippen LogP contribution in [0.15, 0.2) is 22.7 Å². The van der Waals surface area contributed by atoms with E-state index in [4.69, 9.17) is 10.5 Å². The van der Waals surface area contributed by atoms with Gasteiger partial charge in [-0.05, 0) is 54.4 Å². The van der Waals surface area contributed by atoms with Gasteiger partial charge in [0.05, 0.1) is 17.5 Å². The maximum absolute atomic E-state index is 11.7. The Balaban J connectivity index is 2.40. The van der Waals surface area contributed by atoms with Gasteiger partial charge in [-0.2, -0.15) is 0 Å². The Bertz CT molecular complexity index is 447. The molecule has 1 amide bonds. The zero-order valence-electron chi connectivity index (χ0n) is 11.6. The Labute approximate surface area is 122 Å². The van der Waals surface area contributed by atoms with E-state index in [0.717, 1.165) is 15.8 Å². The van der Waals surface area contributed by atoms with Gasteiger partial charge in [0.1, 0.15) is 5.75 Å². The van der Waals surface area contributed by atoms with Crippen molar-refractivity contribution in [2.75, 3.05) is 13.2 Å². The van der Waals surface area contributed by atoms with E-state index < -0.39 is 0 Å². The maximum Gasteiger partial charge on any atom is 0.223 e. The second-order valence-corrected chi connectivity index (χ2v) is 6.02. The zero-order chi connectivity index (χ0) is 14.5. The van der Waals surface area contributed by atoms with Gasteiger partial charge >= 0.3 is 0 Å². The second kappa shape index (κ2) is 6.91. The number of rotatable bonds is 6. The molecule has 4 nitrogen and oxygen atoms in total. The van der Waals surface area contributed by atoms with Crippen molar-refractivity contribution < 1.29 is 9.53 Å². The monoisotopic (exact) mass is 328 g/mol. The van der Waals surface area contributed by atoms with Crippen LogP contribution in [0.25, 0.3) is 0 Å². The Morgan fingerprint density at radius 3 is 2.74 bits per heavy atom. The van der Waals surface area contributed by atoms with E-state index >= 15 is 0 Å². The zero-order valence-corrected chi connectivity index (χ0v) is 13.2. The summed E-state index contributed by atoms with van der Waals surface area (Å²) >= 11 is 3.43. The molecule has 1 aromatic carbocycles. The topological polar surface area (TPSA) is 64.3 Å². The van der Waals surface area contributed by atoms with Crippen LogP contribution in [0.2, 0.25) is 0 Å². The standard InChI is InChI=1S/C14H21BrN2O2/c1-10-4-5-12(11(15)8-10)19-7-6-13(18)17-14(2,3)9-16/h4-5,8H,6-7,9,16H2,1-3H3,(H,17,18). The molecule has 0 heterocycles. The smallest absolute Gasteiger partial charge is 0.223 e. The van der Waals surface area contributed by atoms with Crippen LogP contribution in [0.5, 0.6) is 5.75 Å². The molecule has 0 aliphatic heterocycles. The third kappa shape index (κ3) is 5.61. The number of nitrogens with one attached hydrogen (secondary N) is 1. The largest absolute Gasteiger partial charge is 0.492 e. The lowest BCUT2D eigenvalue weighted by atomic mass is 10.1. The van der Waals surface area contributed by atoms with Crippen molar-refractivity contribution in [2.45, 2.75) is 32.7 Å². The summed E-state index contributed by atoms with van der Waals surface area (Å²) < 4.78 is 6.47. The highest BCUT2D eigenvalue weighted by molar-refractivity contribution is 9.10. The molecule has 0 fully saturated rings. The normalized spacial score (nSPS) is 11.2. The summed E-state index contributed by atoms with van der Waals surface area (Å²) in [6, 6.07) is 5.84. The van der Waals surface area contributed by atoms with Gasteiger partial charge in [-0.25, -0.2) is 0 Å². The molecule has 0 saturated carbocycles.